The van der Waals surface area contributed by atoms with Crippen LogP contribution in [0, 0.1) is 0 Å². The molecule has 1 radical (unpaired) electrons. The van der Waals surface area contributed by atoms with E-state index in [2.05, 4.69) is 90.1 Å². The SMILES string of the molecule is C.CC(C)(C)c1ccc(S(F)(F)F)cc1.CC(C)(C)c1ccc(SSc2ccc(C(C)(C)C)cc2)cc1.[V]. The standard InChI is InChI=1S/C20H26S2.C10H13F3S.CH4.V/c1-19(2,3)15-7-11-17(12-8-15)21-22-18-13-9-16(10-14-18)20(4,5)6;1-10(2,3)8-4-6-9(7-5-8)14(11,12)13;;/h7-14H,1-6H3;4-7H,1-3H3;1H4;. The van der Waals surface area contributed by atoms with Crippen molar-refractivity contribution in [3.05, 3.63) is 89.5 Å². The molecule has 0 N–H and O–H groups in total. The number of hydrogen-bond acceptors (Lipinski definition) is 2. The maximum absolute atomic E-state index is 12.3. The van der Waals surface area contributed by atoms with Gasteiger partial charge in [0.1, 0.15) is 0 Å². The molecule has 0 atom stereocenters. The van der Waals surface area contributed by atoms with Gasteiger partial charge in [-0.3, -0.25) is 0 Å². The summed E-state index contributed by atoms with van der Waals surface area (Å²) < 4.78 is 36.9. The smallest absolute Gasteiger partial charge is 0.120 e. The Morgan fingerprint density at radius 1 is 0.474 bits per heavy atom. The summed E-state index contributed by atoms with van der Waals surface area (Å²) >= 11 is -5.07. The Balaban J connectivity index is 0.000000748. The minimum absolute atomic E-state index is 0. The molecule has 0 heterocycles. The molecule has 211 valence electrons. The first kappa shape index (κ1) is 37.1. The van der Waals surface area contributed by atoms with E-state index in [-0.39, 0.29) is 42.2 Å². The molecule has 3 aromatic rings. The summed E-state index contributed by atoms with van der Waals surface area (Å²) in [5, 5.41) is 0. The fourth-order valence-electron chi connectivity index (χ4n) is 3.23. The summed E-state index contributed by atoms with van der Waals surface area (Å²) in [5.41, 5.74) is 4.04. The van der Waals surface area contributed by atoms with Crippen molar-refractivity contribution in [2.45, 2.75) is 101 Å². The van der Waals surface area contributed by atoms with Crippen LogP contribution in [0.15, 0.2) is 87.5 Å². The van der Waals surface area contributed by atoms with E-state index in [0.717, 1.165) is 17.7 Å². The molecule has 3 aromatic carbocycles. The predicted octanol–water partition coefficient (Wildman–Crippen LogP) is 12.5. The molecule has 0 bridgehead atoms. The number of benzene rings is 3. The van der Waals surface area contributed by atoms with Gasteiger partial charge in [-0.05, 0) is 69.3 Å². The van der Waals surface area contributed by atoms with E-state index in [0.29, 0.717) is 0 Å². The quantitative estimate of drug-likeness (QED) is 0.267. The molecule has 3 rings (SSSR count). The fourth-order valence-corrected chi connectivity index (χ4v) is 5.60. The average molecular weight is 620 g/mol. The van der Waals surface area contributed by atoms with E-state index in [1.165, 1.54) is 20.9 Å². The van der Waals surface area contributed by atoms with Crippen molar-refractivity contribution in [1.82, 2.24) is 0 Å². The van der Waals surface area contributed by atoms with E-state index in [1.54, 1.807) is 12.1 Å². The summed E-state index contributed by atoms with van der Waals surface area (Å²) in [6.45, 7) is 19.4. The molecule has 0 spiro atoms. The number of hydrogen-bond donors (Lipinski definition) is 0. The minimum Gasteiger partial charge on any atom is -0.120 e. The zero-order valence-corrected chi connectivity index (χ0v) is 27.1. The fraction of sp³-hybridized carbons (Fsp3) is 0.419. The van der Waals surface area contributed by atoms with E-state index < -0.39 is 16.1 Å². The molecular formula is C31H43F3S3V. The van der Waals surface area contributed by atoms with E-state index in [4.69, 9.17) is 0 Å². The van der Waals surface area contributed by atoms with Crippen LogP contribution in [0.1, 0.15) is 86.4 Å². The largest absolute Gasteiger partial charge is 0.237 e. The Kier molecular flexibility index (Phi) is 14.3. The van der Waals surface area contributed by atoms with Gasteiger partial charge in [0.05, 0.1) is 4.90 Å². The summed E-state index contributed by atoms with van der Waals surface area (Å²) in [4.78, 5) is 2.10. The number of rotatable bonds is 4. The molecule has 0 aliphatic carbocycles. The second-order valence-corrected chi connectivity index (χ2v) is 15.5. The molecule has 0 unspecified atom stereocenters. The maximum Gasteiger partial charge on any atom is 0.237 e. The molecule has 38 heavy (non-hydrogen) atoms. The van der Waals surface area contributed by atoms with Crippen LogP contribution in [-0.4, -0.2) is 0 Å². The van der Waals surface area contributed by atoms with Crippen molar-refractivity contribution >= 4 is 32.8 Å². The van der Waals surface area contributed by atoms with E-state index in [1.807, 2.05) is 42.4 Å². The van der Waals surface area contributed by atoms with Crippen LogP contribution < -0.4 is 0 Å². The first-order valence-corrected chi connectivity index (χ1v) is 15.4. The van der Waals surface area contributed by atoms with Gasteiger partial charge in [0.25, 0.3) is 0 Å². The van der Waals surface area contributed by atoms with Crippen molar-refractivity contribution in [1.29, 1.82) is 0 Å². The zero-order valence-electron chi connectivity index (χ0n) is 23.2. The molecule has 0 amide bonds. The van der Waals surface area contributed by atoms with Crippen molar-refractivity contribution in [3.8, 4) is 0 Å². The average Bonchev–Trinajstić information content (AvgIpc) is 2.76. The van der Waals surface area contributed by atoms with Crippen LogP contribution >= 0.6 is 32.8 Å². The second kappa shape index (κ2) is 14.6. The third kappa shape index (κ3) is 12.1. The molecular weight excluding hydrogens is 576 g/mol. The molecule has 0 fully saturated rings. The molecule has 0 saturated heterocycles. The maximum atomic E-state index is 12.3. The van der Waals surface area contributed by atoms with Gasteiger partial charge in [-0.15, -0.1) is 11.7 Å². The molecule has 0 aromatic heterocycles. The summed E-state index contributed by atoms with van der Waals surface area (Å²) in [6.07, 6.45) is 0. The Morgan fingerprint density at radius 3 is 0.921 bits per heavy atom. The normalized spacial score (nSPS) is 12.4. The van der Waals surface area contributed by atoms with Gasteiger partial charge in [-0.25, -0.2) is 0 Å². The minimum atomic E-state index is -5.07. The van der Waals surface area contributed by atoms with Crippen LogP contribution in [0.25, 0.3) is 0 Å². The van der Waals surface area contributed by atoms with Gasteiger partial charge in [0.15, 0.2) is 0 Å². The Morgan fingerprint density at radius 2 is 0.711 bits per heavy atom. The third-order valence-corrected chi connectivity index (χ3v) is 8.89. The molecule has 7 heteroatoms. The first-order valence-electron chi connectivity index (χ1n) is 12.0. The van der Waals surface area contributed by atoms with Gasteiger partial charge >= 0.3 is 0 Å². The van der Waals surface area contributed by atoms with Gasteiger partial charge in [-0.2, -0.15) is 0 Å². The summed E-state index contributed by atoms with van der Waals surface area (Å²) in [7, 11) is 3.65. The van der Waals surface area contributed by atoms with Gasteiger partial charge in [0, 0.05) is 28.3 Å². The molecule has 0 aliphatic rings. The van der Waals surface area contributed by atoms with Crippen molar-refractivity contribution < 1.29 is 30.2 Å². The molecule has 0 saturated carbocycles. The summed E-state index contributed by atoms with van der Waals surface area (Å²) in [5.74, 6) is 0. The van der Waals surface area contributed by atoms with Crippen LogP contribution in [-0.2, 0) is 34.8 Å². The zero-order chi connectivity index (χ0) is 27.4. The van der Waals surface area contributed by atoms with E-state index in [9.17, 15) is 11.7 Å². The van der Waals surface area contributed by atoms with Crippen LogP contribution in [0.5, 0.6) is 0 Å². The monoisotopic (exact) mass is 619 g/mol. The topological polar surface area (TPSA) is 0 Å². The van der Waals surface area contributed by atoms with Gasteiger partial charge < -0.3 is 0 Å². The first-order chi connectivity index (χ1) is 16.4. The molecule has 0 aliphatic heterocycles. The Labute approximate surface area is 251 Å². The predicted molar refractivity (Wildman–Crippen MR) is 163 cm³/mol. The van der Waals surface area contributed by atoms with Crippen LogP contribution in [0.2, 0.25) is 0 Å². The summed E-state index contributed by atoms with van der Waals surface area (Å²) in [6, 6.07) is 23.3. The van der Waals surface area contributed by atoms with Crippen molar-refractivity contribution in [2.24, 2.45) is 0 Å². The van der Waals surface area contributed by atoms with Crippen LogP contribution in [0.4, 0.5) is 11.7 Å². The molecule has 0 nitrogen and oxygen atoms in total. The van der Waals surface area contributed by atoms with E-state index >= 15 is 0 Å². The van der Waals surface area contributed by atoms with Crippen LogP contribution in [0.3, 0.4) is 0 Å². The van der Waals surface area contributed by atoms with Gasteiger partial charge in [-0.1, -0.05) is 128 Å². The third-order valence-electron chi connectivity index (χ3n) is 5.66. The van der Waals surface area contributed by atoms with Crippen molar-refractivity contribution in [2.75, 3.05) is 0 Å². The Hall–Kier alpha value is -0.916. The van der Waals surface area contributed by atoms with Gasteiger partial charge in [0.2, 0.25) is 11.2 Å². The van der Waals surface area contributed by atoms with Crippen molar-refractivity contribution in [3.63, 3.8) is 0 Å². The Bertz CT molecular complexity index is 996. The number of halogens is 3. The second-order valence-electron chi connectivity index (χ2n) is 11.9.